The molecule has 3 aromatic rings. The summed E-state index contributed by atoms with van der Waals surface area (Å²) in [5.41, 5.74) is 3.19. The molecule has 142 valence electrons. The Labute approximate surface area is 170 Å². The molecule has 0 amide bonds. The van der Waals surface area contributed by atoms with E-state index in [1.807, 2.05) is 12.1 Å². The molecule has 3 aliphatic heterocycles. The van der Waals surface area contributed by atoms with E-state index in [2.05, 4.69) is 35.6 Å². The number of anilines is 1. The van der Waals surface area contributed by atoms with Gasteiger partial charge in [-0.1, -0.05) is 18.2 Å². The van der Waals surface area contributed by atoms with E-state index in [1.165, 1.54) is 5.56 Å². The molecular weight excluding hydrogens is 398 g/mol. The molecule has 0 fully saturated rings. The standard InChI is InChI=1S/C21H16ClNO4S/c22-19-6-5-12(27-19)9-28-20-21(13-3-1-2-4-15(13)23-20)10-24-16-8-18-17(7-14(16)21)25-11-26-18/h1-8,20,23H,9-11H2. The predicted octanol–water partition coefficient (Wildman–Crippen LogP) is 5.03. The number of ether oxygens (including phenoxy) is 3. The summed E-state index contributed by atoms with van der Waals surface area (Å²) in [5.74, 6) is 3.93. The molecule has 1 N–H and O–H groups in total. The average molecular weight is 414 g/mol. The number of rotatable bonds is 3. The maximum atomic E-state index is 6.17. The number of fused-ring (bicyclic) bond motifs is 5. The number of nitrogens with one attached hydrogen (secondary N) is 1. The van der Waals surface area contributed by atoms with Gasteiger partial charge in [0.05, 0.1) is 16.5 Å². The van der Waals surface area contributed by atoms with Gasteiger partial charge >= 0.3 is 0 Å². The van der Waals surface area contributed by atoms with E-state index in [1.54, 1.807) is 17.8 Å². The van der Waals surface area contributed by atoms with Gasteiger partial charge in [0, 0.05) is 17.3 Å². The third kappa shape index (κ3) is 2.28. The van der Waals surface area contributed by atoms with Crippen LogP contribution in [-0.4, -0.2) is 18.8 Å². The van der Waals surface area contributed by atoms with Crippen LogP contribution >= 0.6 is 23.4 Å². The van der Waals surface area contributed by atoms with Gasteiger partial charge in [0.15, 0.2) is 16.7 Å². The number of furan rings is 1. The van der Waals surface area contributed by atoms with Crippen molar-refractivity contribution in [3.63, 3.8) is 0 Å². The maximum absolute atomic E-state index is 6.17. The highest BCUT2D eigenvalue weighted by molar-refractivity contribution is 7.99. The van der Waals surface area contributed by atoms with Crippen LogP contribution in [0.5, 0.6) is 17.2 Å². The van der Waals surface area contributed by atoms with Gasteiger partial charge in [0.25, 0.3) is 0 Å². The Balaban J connectivity index is 1.44. The lowest BCUT2D eigenvalue weighted by molar-refractivity contribution is 0.173. The van der Waals surface area contributed by atoms with Crippen LogP contribution in [0, 0.1) is 0 Å². The largest absolute Gasteiger partial charge is 0.492 e. The number of halogens is 1. The summed E-state index contributed by atoms with van der Waals surface area (Å²) in [6.07, 6.45) is 0. The van der Waals surface area contributed by atoms with Crippen LogP contribution in [0.25, 0.3) is 0 Å². The fraction of sp³-hybridized carbons (Fsp3) is 0.238. The fourth-order valence-electron chi connectivity index (χ4n) is 4.28. The minimum absolute atomic E-state index is 0.0791. The minimum Gasteiger partial charge on any atom is -0.492 e. The molecule has 0 saturated carbocycles. The Hall–Kier alpha value is -2.44. The third-order valence-corrected chi connectivity index (χ3v) is 7.08. The number of benzene rings is 2. The normalized spacial score (nSPS) is 23.4. The van der Waals surface area contributed by atoms with E-state index in [0.29, 0.717) is 17.6 Å². The van der Waals surface area contributed by atoms with Gasteiger partial charge in [0.1, 0.15) is 18.1 Å². The van der Waals surface area contributed by atoms with E-state index in [9.17, 15) is 0 Å². The molecule has 0 bridgehead atoms. The van der Waals surface area contributed by atoms with Crippen molar-refractivity contribution in [1.82, 2.24) is 0 Å². The van der Waals surface area contributed by atoms with Crippen LogP contribution in [0.4, 0.5) is 5.69 Å². The van der Waals surface area contributed by atoms with Crippen LogP contribution < -0.4 is 19.5 Å². The van der Waals surface area contributed by atoms with Crippen molar-refractivity contribution in [2.45, 2.75) is 16.5 Å². The van der Waals surface area contributed by atoms with Crippen molar-refractivity contribution in [2.75, 3.05) is 18.7 Å². The summed E-state index contributed by atoms with van der Waals surface area (Å²) in [6, 6.07) is 16.1. The second kappa shape index (κ2) is 6.03. The predicted molar refractivity (Wildman–Crippen MR) is 108 cm³/mol. The lowest BCUT2D eigenvalue weighted by Crippen LogP contribution is -2.39. The highest BCUT2D eigenvalue weighted by Gasteiger charge is 2.54. The number of hydrogen-bond donors (Lipinski definition) is 1. The van der Waals surface area contributed by atoms with Gasteiger partial charge in [-0.3, -0.25) is 0 Å². The van der Waals surface area contributed by atoms with Gasteiger partial charge in [0.2, 0.25) is 6.79 Å². The quantitative estimate of drug-likeness (QED) is 0.650. The Morgan fingerprint density at radius 3 is 2.71 bits per heavy atom. The van der Waals surface area contributed by atoms with Gasteiger partial charge in [-0.05, 0) is 41.4 Å². The topological polar surface area (TPSA) is 52.9 Å². The lowest BCUT2D eigenvalue weighted by atomic mass is 9.77. The highest BCUT2D eigenvalue weighted by Crippen LogP contribution is 2.57. The van der Waals surface area contributed by atoms with Crippen LogP contribution in [-0.2, 0) is 11.2 Å². The Bertz CT molecular complexity index is 1080. The van der Waals surface area contributed by atoms with Gasteiger partial charge in [-0.25, -0.2) is 0 Å². The first kappa shape index (κ1) is 16.5. The molecule has 4 heterocycles. The average Bonchev–Trinajstić information content (AvgIpc) is 3.47. The van der Waals surface area contributed by atoms with Crippen molar-refractivity contribution in [1.29, 1.82) is 0 Å². The molecule has 0 radical (unpaired) electrons. The summed E-state index contributed by atoms with van der Waals surface area (Å²) < 4.78 is 22.9. The molecule has 0 aliphatic carbocycles. The second-order valence-electron chi connectivity index (χ2n) is 7.05. The molecule has 3 aliphatic rings. The molecule has 2 atom stereocenters. The van der Waals surface area contributed by atoms with Crippen LogP contribution in [0.1, 0.15) is 16.9 Å². The summed E-state index contributed by atoms with van der Waals surface area (Å²) in [7, 11) is 0. The van der Waals surface area contributed by atoms with Crippen molar-refractivity contribution >= 4 is 29.1 Å². The zero-order valence-electron chi connectivity index (χ0n) is 14.7. The van der Waals surface area contributed by atoms with Crippen molar-refractivity contribution in [3.8, 4) is 17.2 Å². The summed E-state index contributed by atoms with van der Waals surface area (Å²) in [6.45, 7) is 0.809. The monoisotopic (exact) mass is 413 g/mol. The van der Waals surface area contributed by atoms with Crippen LogP contribution in [0.3, 0.4) is 0 Å². The molecule has 6 rings (SSSR count). The minimum atomic E-state index is -0.312. The van der Waals surface area contributed by atoms with Crippen molar-refractivity contribution < 1.29 is 18.6 Å². The van der Waals surface area contributed by atoms with Crippen molar-refractivity contribution in [2.24, 2.45) is 0 Å². The lowest BCUT2D eigenvalue weighted by Gasteiger charge is -2.30. The summed E-state index contributed by atoms with van der Waals surface area (Å²) >= 11 is 7.72. The van der Waals surface area contributed by atoms with Gasteiger partial charge in [-0.2, -0.15) is 0 Å². The number of thioether (sulfide) groups is 1. The zero-order valence-corrected chi connectivity index (χ0v) is 16.3. The molecule has 28 heavy (non-hydrogen) atoms. The Morgan fingerprint density at radius 2 is 1.86 bits per heavy atom. The number of para-hydroxylation sites is 1. The van der Waals surface area contributed by atoms with E-state index in [-0.39, 0.29) is 17.6 Å². The molecule has 5 nitrogen and oxygen atoms in total. The molecule has 2 unspecified atom stereocenters. The highest BCUT2D eigenvalue weighted by atomic mass is 35.5. The molecule has 1 aromatic heterocycles. The second-order valence-corrected chi connectivity index (χ2v) is 8.51. The van der Waals surface area contributed by atoms with Crippen LogP contribution in [0.15, 0.2) is 52.9 Å². The molecule has 2 aromatic carbocycles. The van der Waals surface area contributed by atoms with E-state index in [4.69, 9.17) is 30.2 Å². The summed E-state index contributed by atoms with van der Waals surface area (Å²) in [5, 5.41) is 4.18. The first-order valence-corrected chi connectivity index (χ1v) is 10.5. The first-order valence-electron chi connectivity index (χ1n) is 9.03. The Morgan fingerprint density at radius 1 is 1.00 bits per heavy atom. The van der Waals surface area contributed by atoms with Crippen LogP contribution in [0.2, 0.25) is 5.22 Å². The van der Waals surface area contributed by atoms with Crippen molar-refractivity contribution in [3.05, 3.63) is 70.6 Å². The zero-order chi connectivity index (χ0) is 18.7. The van der Waals surface area contributed by atoms with E-state index < -0.39 is 0 Å². The molecule has 1 spiro atoms. The van der Waals surface area contributed by atoms with Gasteiger partial charge < -0.3 is 23.9 Å². The SMILES string of the molecule is Clc1ccc(CSC2Nc3ccccc3C23COc2cc4c(cc23)OCO4)o1. The maximum Gasteiger partial charge on any atom is 0.231 e. The smallest absolute Gasteiger partial charge is 0.231 e. The summed E-state index contributed by atoms with van der Waals surface area (Å²) in [4.78, 5) is 0. The van der Waals surface area contributed by atoms with E-state index in [0.717, 1.165) is 34.3 Å². The molecular formula is C21H16ClNO4S. The van der Waals surface area contributed by atoms with E-state index >= 15 is 0 Å². The third-order valence-electron chi connectivity index (χ3n) is 5.57. The van der Waals surface area contributed by atoms with Gasteiger partial charge in [-0.15, -0.1) is 11.8 Å². The molecule has 7 heteroatoms. The Kier molecular flexibility index (Phi) is 3.55. The molecule has 0 saturated heterocycles. The number of hydrogen-bond acceptors (Lipinski definition) is 6. The first-order chi connectivity index (χ1) is 13.7. The fourth-order valence-corrected chi connectivity index (χ4v) is 5.75.